The van der Waals surface area contributed by atoms with Crippen molar-refractivity contribution in [3.05, 3.63) is 104 Å². The number of ether oxygens (including phenoxy) is 1. The van der Waals surface area contributed by atoms with Crippen molar-refractivity contribution in [2.75, 3.05) is 25.1 Å². The molecule has 3 aromatic heterocycles. The molecule has 6 aromatic rings. The average Bonchev–Trinajstić information content (AvgIpc) is 3.60. The summed E-state index contributed by atoms with van der Waals surface area (Å²) in [7, 11) is 3.93. The Balaban J connectivity index is 1.44. The first-order valence-electron chi connectivity index (χ1n) is 16.8. The number of aromatic nitrogens is 4. The van der Waals surface area contributed by atoms with Gasteiger partial charge in [0, 0.05) is 76.7 Å². The SMILES string of the molecule is Cc1cc(OCCCc2c(C=O)n([C@H](C)CN(C)c3cn(C)c4ccc(C(=O)O)cc34)c3c(-c4c(C)ncnc4C)c(Cl)ccc23)cc(C)c1Cl. The van der Waals surface area contributed by atoms with Crippen molar-refractivity contribution in [3.8, 4) is 16.9 Å². The zero-order chi connectivity index (χ0) is 36.7. The minimum absolute atomic E-state index is 0.219. The molecular weight excluding hydrogens is 685 g/mol. The molecule has 0 amide bonds. The molecule has 3 heterocycles. The molecule has 0 aliphatic carbocycles. The van der Waals surface area contributed by atoms with Gasteiger partial charge in [0.15, 0.2) is 6.29 Å². The normalized spacial score (nSPS) is 12.1. The van der Waals surface area contributed by atoms with Gasteiger partial charge in [0.25, 0.3) is 0 Å². The maximum atomic E-state index is 13.2. The molecule has 0 aliphatic rings. The topological polar surface area (TPSA) is 102 Å². The number of carbonyl (C=O) groups excluding carboxylic acids is 1. The Bertz CT molecular complexity index is 2280. The van der Waals surface area contributed by atoms with Crippen molar-refractivity contribution in [1.29, 1.82) is 0 Å². The Morgan fingerprint density at radius 1 is 1.00 bits per heavy atom. The summed E-state index contributed by atoms with van der Waals surface area (Å²) in [6.45, 7) is 10.8. The molecule has 9 nitrogen and oxygen atoms in total. The fraction of sp³-hybridized carbons (Fsp3) is 0.300. The number of aldehydes is 1. The summed E-state index contributed by atoms with van der Waals surface area (Å²) < 4.78 is 10.2. The second-order valence-electron chi connectivity index (χ2n) is 13.3. The van der Waals surface area contributed by atoms with E-state index in [4.69, 9.17) is 27.9 Å². The van der Waals surface area contributed by atoms with Crippen molar-refractivity contribution in [3.63, 3.8) is 0 Å². The number of nitrogens with zero attached hydrogens (tertiary/aromatic N) is 5. The van der Waals surface area contributed by atoms with Crippen molar-refractivity contribution in [2.45, 2.75) is 53.5 Å². The van der Waals surface area contributed by atoms with Crippen LogP contribution in [0, 0.1) is 27.7 Å². The Kier molecular flexibility index (Phi) is 10.2. The lowest BCUT2D eigenvalue weighted by Gasteiger charge is -2.26. The molecule has 11 heteroatoms. The van der Waals surface area contributed by atoms with E-state index in [-0.39, 0.29) is 11.6 Å². The standard InChI is InChI=1S/C40H41Cl2N5O4/c1-22-15-28(16-23(2)38(22)42)51-14-8-9-29-30-11-12-32(41)37(36-25(4)43-21-44-26(36)5)39(30)47(35(29)20-48)24(3)18-45(6)34-19-46(7)33-13-10-27(40(49)50)17-31(33)34/h10-13,15-17,19-21,24H,8-9,14,18H2,1-7H3,(H,49,50)/t24-/m1/s1. The van der Waals surface area contributed by atoms with Crippen LogP contribution in [0.5, 0.6) is 5.75 Å². The number of hydrogen-bond acceptors (Lipinski definition) is 6. The highest BCUT2D eigenvalue weighted by molar-refractivity contribution is 6.35. The van der Waals surface area contributed by atoms with Gasteiger partial charge in [-0.25, -0.2) is 14.8 Å². The van der Waals surface area contributed by atoms with E-state index in [0.717, 1.165) is 83.8 Å². The number of aromatic carboxylic acids is 1. The van der Waals surface area contributed by atoms with E-state index >= 15 is 0 Å². The molecule has 51 heavy (non-hydrogen) atoms. The van der Waals surface area contributed by atoms with Crippen LogP contribution in [-0.4, -0.2) is 56.7 Å². The number of hydrogen-bond donors (Lipinski definition) is 1. The lowest BCUT2D eigenvalue weighted by molar-refractivity contribution is 0.0697. The number of fused-ring (bicyclic) bond motifs is 2. The largest absolute Gasteiger partial charge is 0.494 e. The second kappa shape index (κ2) is 14.4. The van der Waals surface area contributed by atoms with Gasteiger partial charge in [-0.1, -0.05) is 29.3 Å². The fourth-order valence-corrected chi connectivity index (χ4v) is 7.67. The van der Waals surface area contributed by atoms with Crippen LogP contribution in [0.1, 0.15) is 68.3 Å². The predicted octanol–water partition coefficient (Wildman–Crippen LogP) is 9.35. The van der Waals surface area contributed by atoms with Crippen molar-refractivity contribution in [1.82, 2.24) is 19.1 Å². The lowest BCUT2D eigenvalue weighted by Crippen LogP contribution is -2.27. The van der Waals surface area contributed by atoms with Crippen molar-refractivity contribution < 1.29 is 19.4 Å². The van der Waals surface area contributed by atoms with E-state index < -0.39 is 5.97 Å². The predicted molar refractivity (Wildman–Crippen MR) is 205 cm³/mol. The van der Waals surface area contributed by atoms with Gasteiger partial charge in [0.05, 0.1) is 34.1 Å². The Morgan fingerprint density at radius 3 is 2.33 bits per heavy atom. The third-order valence-electron chi connectivity index (χ3n) is 9.71. The molecule has 0 unspecified atom stereocenters. The van der Waals surface area contributed by atoms with E-state index in [1.807, 2.05) is 82.9 Å². The summed E-state index contributed by atoms with van der Waals surface area (Å²) >= 11 is 13.4. The first kappa shape index (κ1) is 35.9. The highest BCUT2D eigenvalue weighted by Gasteiger charge is 2.27. The van der Waals surface area contributed by atoms with Gasteiger partial charge in [-0.05, 0) is 101 Å². The third kappa shape index (κ3) is 6.68. The van der Waals surface area contributed by atoms with E-state index in [1.54, 1.807) is 18.5 Å². The Morgan fingerprint density at radius 2 is 1.69 bits per heavy atom. The molecule has 0 bridgehead atoms. The van der Waals surface area contributed by atoms with Crippen LogP contribution in [0.4, 0.5) is 5.69 Å². The van der Waals surface area contributed by atoms with E-state index in [9.17, 15) is 14.7 Å². The zero-order valence-corrected chi connectivity index (χ0v) is 31.4. The van der Waals surface area contributed by atoms with Crippen molar-refractivity contribution in [2.24, 2.45) is 7.05 Å². The number of carboxylic acid groups (broad SMARTS) is 1. The highest BCUT2D eigenvalue weighted by Crippen LogP contribution is 2.43. The average molecular weight is 727 g/mol. The fourth-order valence-electron chi connectivity index (χ4n) is 7.32. The van der Waals surface area contributed by atoms with Gasteiger partial charge in [-0.2, -0.15) is 0 Å². The van der Waals surface area contributed by atoms with Crippen LogP contribution >= 0.6 is 23.2 Å². The van der Waals surface area contributed by atoms with Crippen molar-refractivity contribution >= 4 is 63.0 Å². The van der Waals surface area contributed by atoms with E-state index in [1.165, 1.54) is 0 Å². The minimum Gasteiger partial charge on any atom is -0.494 e. The molecule has 0 saturated heterocycles. The zero-order valence-electron chi connectivity index (χ0n) is 29.8. The summed E-state index contributed by atoms with van der Waals surface area (Å²) in [5, 5.41) is 12.7. The first-order valence-corrected chi connectivity index (χ1v) is 17.6. The smallest absolute Gasteiger partial charge is 0.335 e. The van der Waals surface area contributed by atoms with Crippen LogP contribution in [0.25, 0.3) is 32.9 Å². The quantitative estimate of drug-likeness (QED) is 0.0991. The van der Waals surface area contributed by atoms with E-state index in [0.29, 0.717) is 36.7 Å². The number of benzene rings is 3. The summed E-state index contributed by atoms with van der Waals surface area (Å²) in [5.74, 6) is -0.217. The van der Waals surface area contributed by atoms with Gasteiger partial charge in [0.2, 0.25) is 0 Å². The molecule has 1 N–H and O–H groups in total. The number of halogens is 2. The lowest BCUT2D eigenvalue weighted by atomic mass is 9.98. The summed E-state index contributed by atoms with van der Waals surface area (Å²) in [6, 6.07) is 12.7. The molecule has 0 aliphatic heterocycles. The number of anilines is 1. The number of carboxylic acids is 1. The van der Waals surface area contributed by atoms with Gasteiger partial charge >= 0.3 is 5.97 Å². The third-order valence-corrected chi connectivity index (χ3v) is 10.6. The Labute approximate surface area is 307 Å². The molecule has 0 fully saturated rings. The number of carbonyl (C=O) groups is 2. The van der Waals surface area contributed by atoms with E-state index in [2.05, 4.69) is 26.4 Å². The molecule has 0 saturated carbocycles. The Hall–Kier alpha value is -4.86. The maximum absolute atomic E-state index is 13.2. The molecule has 1 atom stereocenters. The van der Waals surface area contributed by atoms with Gasteiger partial charge in [0.1, 0.15) is 12.1 Å². The van der Waals surface area contributed by atoms with Crippen LogP contribution < -0.4 is 9.64 Å². The molecule has 6 rings (SSSR count). The van der Waals surface area contributed by atoms with Crippen LogP contribution in [0.15, 0.2) is 55.0 Å². The number of likely N-dealkylation sites (N-methyl/N-ethyl adjacent to an activating group) is 1. The van der Waals surface area contributed by atoms with Gasteiger partial charge in [-0.3, -0.25) is 4.79 Å². The van der Waals surface area contributed by atoms with Crippen LogP contribution in [0.3, 0.4) is 0 Å². The van der Waals surface area contributed by atoms with Crippen LogP contribution in [0.2, 0.25) is 10.0 Å². The maximum Gasteiger partial charge on any atom is 0.335 e. The number of aryl methyl sites for hydroxylation is 6. The monoisotopic (exact) mass is 725 g/mol. The van der Waals surface area contributed by atoms with Crippen LogP contribution in [-0.2, 0) is 13.5 Å². The second-order valence-corrected chi connectivity index (χ2v) is 14.1. The minimum atomic E-state index is -0.978. The molecule has 0 spiro atoms. The molecule has 264 valence electrons. The summed E-state index contributed by atoms with van der Waals surface area (Å²) in [4.78, 5) is 36.1. The number of rotatable bonds is 12. The molecule has 0 radical (unpaired) electrons. The van der Waals surface area contributed by atoms with Gasteiger partial charge in [-0.15, -0.1) is 0 Å². The summed E-state index contributed by atoms with van der Waals surface area (Å²) in [5.41, 5.74) is 9.49. The summed E-state index contributed by atoms with van der Waals surface area (Å²) in [6.07, 6.45) is 5.75. The highest BCUT2D eigenvalue weighted by atomic mass is 35.5. The molecular formula is C40H41Cl2N5O4. The van der Waals surface area contributed by atoms with Gasteiger partial charge < -0.3 is 23.9 Å². The molecule has 3 aromatic carbocycles. The first-order chi connectivity index (χ1) is 24.3.